The van der Waals surface area contributed by atoms with Crippen molar-refractivity contribution in [3.05, 3.63) is 261 Å². The third kappa shape index (κ3) is 13.9. The Morgan fingerprint density at radius 3 is 1.01 bits per heavy atom. The first kappa shape index (κ1) is 70.9. The fraction of sp³-hybridized carbons (Fsp3) is 0.368. The summed E-state index contributed by atoms with van der Waals surface area (Å²) < 4.78 is 68.2. The molecule has 4 N–H and O–H groups in total. The number of aromatic nitrogens is 8. The molecule has 0 bridgehead atoms. The molecule has 6 aliphatic rings. The summed E-state index contributed by atoms with van der Waals surface area (Å²) in [6.07, 6.45) is 0.101. The molecular formula is C76H82N10O16. The van der Waals surface area contributed by atoms with Gasteiger partial charge in [0.2, 0.25) is 0 Å². The monoisotopic (exact) mass is 1390 g/mol. The summed E-state index contributed by atoms with van der Waals surface area (Å²) >= 11 is 0. The molecule has 102 heavy (non-hydrogen) atoms. The van der Waals surface area contributed by atoms with Crippen LogP contribution in [0.15, 0.2) is 217 Å². The summed E-state index contributed by atoms with van der Waals surface area (Å²) in [4.78, 5) is 75.8. The summed E-state index contributed by atoms with van der Waals surface area (Å²) in [5.41, 5.74) is 2.60. The number of nitrogens with one attached hydrogen (secondary N) is 2. The van der Waals surface area contributed by atoms with E-state index in [1.807, 2.05) is 109 Å². The third-order valence-corrected chi connectivity index (χ3v) is 18.4. The number of aromatic amines is 2. The van der Waals surface area contributed by atoms with Crippen molar-refractivity contribution in [3.8, 4) is 0 Å². The quantitative estimate of drug-likeness (QED) is 0.0478. The molecule has 26 nitrogen and oxygen atoms in total. The number of benzene rings is 6. The SMILES string of the molecule is CC(=O)OC[C@]12CO[C@@H]3[C@@H](COC(c4ccccc4)(c4ccccc4)c4ccccc4)O[C@@H](n4cnc5c(=O)[nH]cnc54)[C@H](OC1)N32.CC(=O)OC[C@]12CO[C@@H]3[C@@H](COC(c4ccccc4)(c4ccccc4)c4ccccc4)O[C@@H](n4cnc5c(=O)[nH]cnc54)[C@H](OC1)N32.CC(C)O.CC(C)O. The number of ether oxygens (including phenoxy) is 10. The lowest BCUT2D eigenvalue weighted by Crippen LogP contribution is -2.62. The molecule has 10 heterocycles. The Balaban J connectivity index is 0.000000165. The maximum Gasteiger partial charge on any atom is 0.302 e. The Morgan fingerprint density at radius 1 is 0.461 bits per heavy atom. The lowest BCUT2D eigenvalue weighted by atomic mass is 9.80. The van der Waals surface area contributed by atoms with E-state index in [0.29, 0.717) is 11.3 Å². The van der Waals surface area contributed by atoms with Crippen molar-refractivity contribution in [2.24, 2.45) is 0 Å². The highest BCUT2D eigenvalue weighted by Gasteiger charge is 2.66. The minimum atomic E-state index is -0.995. The standard InChI is InChI=1S/2C35H33N5O7.2C3H8O/c2*1-23(41)43-18-34-19-44-31-27(47-32(33(40(31)34)45-20-34)39-22-38-28-29(39)36-21-37-30(28)42)17-46-35(24-11-5-2-6-12-24,25-13-7-3-8-14-25)26-15-9-4-10-16-26;2*1-3(2)4/h2*2-16,21-22,27,31-33H,17-20H2,1H3,(H,36,37,42);2*3-4H,1-2H3/t2*27-,31-,32-,33+,34+;;/m11../s1. The summed E-state index contributed by atoms with van der Waals surface area (Å²) in [7, 11) is 0. The fourth-order valence-electron chi connectivity index (χ4n) is 14.2. The molecular weight excluding hydrogens is 1310 g/mol. The number of hydrogen-bond donors (Lipinski definition) is 4. The number of morpholine rings is 2. The van der Waals surface area contributed by atoms with Crippen molar-refractivity contribution in [1.82, 2.24) is 48.8 Å². The van der Waals surface area contributed by atoms with E-state index in [-0.39, 0.29) is 87.2 Å². The highest BCUT2D eigenvalue weighted by atomic mass is 16.7. The molecule has 0 radical (unpaired) electrons. The number of esters is 2. The maximum absolute atomic E-state index is 12.6. The predicted molar refractivity (Wildman–Crippen MR) is 371 cm³/mol. The average Bonchev–Trinajstić information content (AvgIpc) is 1.54. The number of aliphatic hydroxyl groups is 2. The number of H-pyrrole nitrogens is 2. The van der Waals surface area contributed by atoms with Crippen molar-refractivity contribution in [3.63, 3.8) is 0 Å². The van der Waals surface area contributed by atoms with Crippen LogP contribution in [0.2, 0.25) is 0 Å². The van der Waals surface area contributed by atoms with Gasteiger partial charge in [0.15, 0.2) is 47.2 Å². The topological polar surface area (TPSA) is 301 Å². The van der Waals surface area contributed by atoms with Crippen molar-refractivity contribution in [1.29, 1.82) is 0 Å². The van der Waals surface area contributed by atoms with E-state index in [1.165, 1.54) is 39.2 Å². The number of imidazole rings is 2. The first-order valence-electron chi connectivity index (χ1n) is 33.9. The lowest BCUT2D eigenvalue weighted by Gasteiger charge is -2.46. The number of fused-ring (bicyclic) bond motifs is 2. The molecule has 10 aromatic rings. The zero-order valence-electron chi connectivity index (χ0n) is 57.2. The van der Waals surface area contributed by atoms with Crippen LogP contribution in [0.4, 0.5) is 0 Å². The third-order valence-electron chi connectivity index (χ3n) is 18.4. The minimum Gasteiger partial charge on any atom is -0.464 e. The normalized spacial score (nSPS) is 24.3. The van der Waals surface area contributed by atoms with Gasteiger partial charge in [-0.2, -0.15) is 0 Å². The predicted octanol–water partition coefficient (Wildman–Crippen LogP) is 7.46. The molecule has 6 aromatic carbocycles. The van der Waals surface area contributed by atoms with E-state index < -0.39 is 83.8 Å². The van der Waals surface area contributed by atoms with Gasteiger partial charge in [0.25, 0.3) is 11.1 Å². The Labute approximate surface area is 587 Å². The number of carbonyl (C=O) groups excluding carboxylic acids is 2. The van der Waals surface area contributed by atoms with Gasteiger partial charge in [-0.05, 0) is 61.1 Å². The van der Waals surface area contributed by atoms with Crippen molar-refractivity contribution in [2.45, 2.75) is 126 Å². The molecule has 6 saturated heterocycles. The number of aliphatic hydroxyl groups excluding tert-OH is 2. The van der Waals surface area contributed by atoms with Crippen molar-refractivity contribution < 1.29 is 67.2 Å². The van der Waals surface area contributed by atoms with E-state index in [2.05, 4.69) is 113 Å². The molecule has 6 fully saturated rings. The van der Waals surface area contributed by atoms with Gasteiger partial charge in [-0.15, -0.1) is 0 Å². The summed E-state index contributed by atoms with van der Waals surface area (Å²) in [5, 5.41) is 16.1. The second kappa shape index (κ2) is 30.6. The van der Waals surface area contributed by atoms with Gasteiger partial charge in [-0.1, -0.05) is 182 Å². The molecule has 0 spiro atoms. The number of rotatable bonds is 18. The Kier molecular flexibility index (Phi) is 21.3. The van der Waals surface area contributed by atoms with Crippen LogP contribution < -0.4 is 11.1 Å². The van der Waals surface area contributed by atoms with Crippen molar-refractivity contribution in [2.75, 3.05) is 52.9 Å². The van der Waals surface area contributed by atoms with Crippen LogP contribution >= 0.6 is 0 Å². The van der Waals surface area contributed by atoms with Crippen LogP contribution in [0.3, 0.4) is 0 Å². The number of nitrogens with zero attached hydrogens (tertiary/aromatic N) is 8. The van der Waals surface area contributed by atoms with Crippen LogP contribution in [-0.2, 0) is 68.2 Å². The molecule has 16 rings (SSSR count). The maximum atomic E-state index is 12.6. The van der Waals surface area contributed by atoms with E-state index in [0.717, 1.165) is 33.4 Å². The van der Waals surface area contributed by atoms with Gasteiger partial charge in [0.1, 0.15) is 60.2 Å². The molecule has 4 aromatic heterocycles. The summed E-state index contributed by atoms with van der Waals surface area (Å²) in [5.74, 6) is -0.781. The molecule has 26 heteroatoms. The van der Waals surface area contributed by atoms with Crippen LogP contribution in [0.25, 0.3) is 22.3 Å². The molecule has 10 atom stereocenters. The van der Waals surface area contributed by atoms with Crippen LogP contribution in [0, 0.1) is 0 Å². The highest BCUT2D eigenvalue weighted by Crippen LogP contribution is 2.51. The Hall–Kier alpha value is -9.52. The molecule has 6 aliphatic heterocycles. The molecule has 0 amide bonds. The van der Waals surface area contributed by atoms with Gasteiger partial charge < -0.3 is 67.5 Å². The molecule has 0 aliphatic carbocycles. The van der Waals surface area contributed by atoms with Crippen LogP contribution in [0.1, 0.15) is 87.4 Å². The summed E-state index contributed by atoms with van der Waals surface area (Å²) in [6.45, 7) is 11.0. The zero-order valence-corrected chi connectivity index (χ0v) is 57.2. The number of carbonyl (C=O) groups is 2. The second-order valence-corrected chi connectivity index (χ2v) is 26.2. The van der Waals surface area contributed by atoms with E-state index in [1.54, 1.807) is 36.8 Å². The van der Waals surface area contributed by atoms with Gasteiger partial charge in [-0.25, -0.2) is 29.7 Å². The minimum absolute atomic E-state index is 0.0835. The smallest absolute Gasteiger partial charge is 0.302 e. The van der Waals surface area contributed by atoms with Gasteiger partial charge in [-0.3, -0.25) is 28.3 Å². The van der Waals surface area contributed by atoms with E-state index >= 15 is 0 Å². The Morgan fingerprint density at radius 2 is 0.735 bits per heavy atom. The fourth-order valence-corrected chi connectivity index (χ4v) is 14.2. The first-order valence-corrected chi connectivity index (χ1v) is 33.9. The van der Waals surface area contributed by atoms with E-state index in [9.17, 15) is 19.2 Å². The first-order chi connectivity index (χ1) is 49.5. The Bertz CT molecular complexity index is 4070. The van der Waals surface area contributed by atoms with E-state index in [4.69, 9.17) is 57.6 Å². The second-order valence-electron chi connectivity index (χ2n) is 26.2. The largest absolute Gasteiger partial charge is 0.464 e. The van der Waals surface area contributed by atoms with Crippen molar-refractivity contribution >= 4 is 34.3 Å². The van der Waals surface area contributed by atoms with Gasteiger partial charge >= 0.3 is 11.9 Å². The average molecular weight is 1390 g/mol. The van der Waals surface area contributed by atoms with Gasteiger partial charge in [0, 0.05) is 26.1 Å². The number of hydrogen-bond acceptors (Lipinski definition) is 22. The summed E-state index contributed by atoms with van der Waals surface area (Å²) in [6, 6.07) is 60.6. The lowest BCUT2D eigenvalue weighted by molar-refractivity contribution is -0.273. The van der Waals surface area contributed by atoms with Crippen LogP contribution in [0.5, 0.6) is 0 Å². The van der Waals surface area contributed by atoms with Gasteiger partial charge in [0.05, 0.1) is 65.0 Å². The zero-order chi connectivity index (χ0) is 71.2. The highest BCUT2D eigenvalue weighted by molar-refractivity contribution is 5.70. The molecule has 0 unspecified atom stereocenters. The molecule has 0 saturated carbocycles. The van der Waals surface area contributed by atoms with Crippen LogP contribution in [-0.4, -0.2) is 184 Å². The molecule has 532 valence electrons.